The van der Waals surface area contributed by atoms with E-state index in [1.54, 1.807) is 16.8 Å². The van der Waals surface area contributed by atoms with Gasteiger partial charge in [0.05, 0.1) is 24.3 Å². The summed E-state index contributed by atoms with van der Waals surface area (Å²) in [6, 6.07) is 0.901. The summed E-state index contributed by atoms with van der Waals surface area (Å²) < 4.78 is 1.70. The zero-order valence-electron chi connectivity index (χ0n) is 8.98. The Hall–Kier alpha value is -1.04. The van der Waals surface area contributed by atoms with Crippen LogP contribution in [-0.2, 0) is 6.54 Å². The predicted octanol–water partition coefficient (Wildman–Crippen LogP) is 0.244. The average Bonchev–Trinajstić information content (AvgIpc) is 2.67. The van der Waals surface area contributed by atoms with Crippen LogP contribution in [0.15, 0.2) is 12.3 Å². The minimum atomic E-state index is -0.647. The van der Waals surface area contributed by atoms with Crippen molar-refractivity contribution in [2.24, 2.45) is 0 Å². The maximum absolute atomic E-state index is 11.8. The Kier molecular flexibility index (Phi) is 4.79. The Labute approximate surface area is 98.6 Å². The number of nitrogens with zero attached hydrogens (tertiary/aromatic N) is 1. The van der Waals surface area contributed by atoms with E-state index in [9.17, 15) is 4.79 Å². The number of carbonyl (C=O) groups is 1. The molecule has 0 aliphatic carbocycles. The summed E-state index contributed by atoms with van der Waals surface area (Å²) in [6.45, 7) is 1.91. The summed E-state index contributed by atoms with van der Waals surface area (Å²) in [5.41, 5.74) is 0.416. The molecule has 1 aromatic heterocycles. The van der Waals surface area contributed by atoms with Crippen molar-refractivity contribution >= 4 is 17.5 Å². The molecular formula is C10H15ClN2O3. The third-order valence-corrected chi connectivity index (χ3v) is 2.42. The van der Waals surface area contributed by atoms with Gasteiger partial charge >= 0.3 is 0 Å². The molecule has 1 aromatic rings. The molecule has 1 heterocycles. The smallest absolute Gasteiger partial charge is 0.268 e. The number of hydrogen-bond acceptors (Lipinski definition) is 3. The second kappa shape index (κ2) is 5.89. The summed E-state index contributed by atoms with van der Waals surface area (Å²) in [4.78, 5) is 11.8. The van der Waals surface area contributed by atoms with Crippen molar-refractivity contribution in [2.45, 2.75) is 19.5 Å². The molecule has 5 nitrogen and oxygen atoms in total. The highest BCUT2D eigenvalue weighted by Gasteiger charge is 2.15. The normalized spacial score (nSPS) is 10.8. The van der Waals surface area contributed by atoms with E-state index in [2.05, 4.69) is 5.32 Å². The molecular weight excluding hydrogens is 232 g/mol. The molecule has 1 rings (SSSR count). The van der Waals surface area contributed by atoms with E-state index in [0.29, 0.717) is 17.3 Å². The topological polar surface area (TPSA) is 74.5 Å². The Bertz CT molecular complexity index is 361. The van der Waals surface area contributed by atoms with Crippen molar-refractivity contribution in [3.8, 4) is 0 Å². The molecule has 3 N–H and O–H groups in total. The Morgan fingerprint density at radius 1 is 1.56 bits per heavy atom. The van der Waals surface area contributed by atoms with Crippen LogP contribution in [0, 0.1) is 0 Å². The van der Waals surface area contributed by atoms with Crippen LogP contribution >= 0.6 is 11.6 Å². The maximum atomic E-state index is 11.8. The molecule has 0 bridgehead atoms. The highest BCUT2D eigenvalue weighted by Crippen LogP contribution is 2.14. The van der Waals surface area contributed by atoms with E-state index in [-0.39, 0.29) is 19.1 Å². The molecule has 0 atom stereocenters. The molecule has 0 aliphatic rings. The summed E-state index contributed by atoms with van der Waals surface area (Å²) in [6.07, 6.45) is 1.66. The lowest BCUT2D eigenvalue weighted by Crippen LogP contribution is -2.40. The highest BCUT2D eigenvalue weighted by atomic mass is 35.5. The number of aliphatic hydroxyl groups is 2. The molecule has 90 valence electrons. The SMILES string of the molecule is CCn1cc(Cl)cc1C(=O)NC(CO)CO. The Morgan fingerprint density at radius 3 is 2.69 bits per heavy atom. The lowest BCUT2D eigenvalue weighted by atomic mass is 10.3. The van der Waals surface area contributed by atoms with Gasteiger partial charge in [-0.3, -0.25) is 4.79 Å². The second-order valence-corrected chi connectivity index (χ2v) is 3.80. The molecule has 0 saturated heterocycles. The van der Waals surface area contributed by atoms with Gasteiger partial charge in [-0.25, -0.2) is 0 Å². The number of aliphatic hydroxyl groups excluding tert-OH is 2. The zero-order valence-corrected chi connectivity index (χ0v) is 9.74. The third kappa shape index (κ3) is 2.98. The number of carbonyl (C=O) groups excluding carboxylic acids is 1. The van der Waals surface area contributed by atoms with Crippen molar-refractivity contribution in [2.75, 3.05) is 13.2 Å². The van der Waals surface area contributed by atoms with E-state index < -0.39 is 6.04 Å². The third-order valence-electron chi connectivity index (χ3n) is 2.21. The minimum Gasteiger partial charge on any atom is -0.394 e. The Morgan fingerprint density at radius 2 is 2.19 bits per heavy atom. The first-order valence-electron chi connectivity index (χ1n) is 5.00. The van der Waals surface area contributed by atoms with Gasteiger partial charge in [0.1, 0.15) is 5.69 Å². The fourth-order valence-corrected chi connectivity index (χ4v) is 1.56. The first-order chi connectivity index (χ1) is 7.62. The van der Waals surface area contributed by atoms with Crippen molar-refractivity contribution in [3.63, 3.8) is 0 Å². The average molecular weight is 247 g/mol. The first-order valence-corrected chi connectivity index (χ1v) is 5.38. The van der Waals surface area contributed by atoms with Crippen molar-refractivity contribution in [1.82, 2.24) is 9.88 Å². The standard InChI is InChI=1S/C10H15ClN2O3/c1-2-13-4-7(11)3-9(13)10(16)12-8(5-14)6-15/h3-4,8,14-15H,2,5-6H2,1H3,(H,12,16). The molecule has 0 spiro atoms. The fraction of sp³-hybridized carbons (Fsp3) is 0.500. The zero-order chi connectivity index (χ0) is 12.1. The monoisotopic (exact) mass is 246 g/mol. The summed E-state index contributed by atoms with van der Waals surface area (Å²) in [7, 11) is 0. The van der Waals surface area contributed by atoms with Gasteiger partial charge in [-0.05, 0) is 13.0 Å². The van der Waals surface area contributed by atoms with Crippen molar-refractivity contribution in [1.29, 1.82) is 0 Å². The lowest BCUT2D eigenvalue weighted by Gasteiger charge is -2.14. The number of hydrogen-bond donors (Lipinski definition) is 3. The van der Waals surface area contributed by atoms with E-state index in [0.717, 1.165) is 0 Å². The number of amides is 1. The summed E-state index contributed by atoms with van der Waals surface area (Å²) >= 11 is 5.79. The van der Waals surface area contributed by atoms with E-state index in [4.69, 9.17) is 21.8 Å². The quantitative estimate of drug-likeness (QED) is 0.697. The van der Waals surface area contributed by atoms with E-state index in [1.165, 1.54) is 0 Å². The molecule has 1 amide bonds. The van der Waals surface area contributed by atoms with Gasteiger partial charge in [0.15, 0.2) is 0 Å². The molecule has 0 unspecified atom stereocenters. The van der Waals surface area contributed by atoms with Gasteiger partial charge in [-0.15, -0.1) is 0 Å². The minimum absolute atomic E-state index is 0.303. The molecule has 0 aromatic carbocycles. The molecule has 6 heteroatoms. The van der Waals surface area contributed by atoms with Crippen LogP contribution in [0.25, 0.3) is 0 Å². The lowest BCUT2D eigenvalue weighted by molar-refractivity contribution is 0.0870. The van der Waals surface area contributed by atoms with Gasteiger partial charge < -0.3 is 20.1 Å². The highest BCUT2D eigenvalue weighted by molar-refractivity contribution is 6.31. The number of rotatable bonds is 5. The largest absolute Gasteiger partial charge is 0.394 e. The van der Waals surface area contributed by atoms with Gasteiger partial charge in [0, 0.05) is 12.7 Å². The van der Waals surface area contributed by atoms with Gasteiger partial charge in [0.25, 0.3) is 5.91 Å². The van der Waals surface area contributed by atoms with Crippen LogP contribution in [0.1, 0.15) is 17.4 Å². The van der Waals surface area contributed by atoms with E-state index >= 15 is 0 Å². The van der Waals surface area contributed by atoms with Crippen LogP contribution in [0.5, 0.6) is 0 Å². The maximum Gasteiger partial charge on any atom is 0.268 e. The molecule has 0 aliphatic heterocycles. The van der Waals surface area contributed by atoms with Gasteiger partial charge in [0.2, 0.25) is 0 Å². The molecule has 0 fully saturated rings. The number of halogens is 1. The summed E-state index contributed by atoms with van der Waals surface area (Å²) in [5, 5.41) is 20.7. The van der Waals surface area contributed by atoms with Crippen LogP contribution in [0.2, 0.25) is 5.02 Å². The van der Waals surface area contributed by atoms with Crippen LogP contribution in [0.4, 0.5) is 0 Å². The second-order valence-electron chi connectivity index (χ2n) is 3.37. The van der Waals surface area contributed by atoms with Crippen LogP contribution in [-0.4, -0.2) is 39.9 Å². The summed E-state index contributed by atoms with van der Waals surface area (Å²) in [5.74, 6) is -0.359. The predicted molar refractivity (Wildman–Crippen MR) is 60.5 cm³/mol. The number of aromatic nitrogens is 1. The van der Waals surface area contributed by atoms with Crippen molar-refractivity contribution in [3.05, 3.63) is 23.0 Å². The van der Waals surface area contributed by atoms with Crippen LogP contribution < -0.4 is 5.32 Å². The van der Waals surface area contributed by atoms with Gasteiger partial charge in [-0.1, -0.05) is 11.6 Å². The first kappa shape index (κ1) is 13.0. The van der Waals surface area contributed by atoms with E-state index in [1.807, 2.05) is 6.92 Å². The Balaban J connectivity index is 2.79. The molecule has 0 radical (unpaired) electrons. The number of nitrogens with one attached hydrogen (secondary N) is 1. The van der Waals surface area contributed by atoms with Crippen LogP contribution in [0.3, 0.4) is 0 Å². The fourth-order valence-electron chi connectivity index (χ4n) is 1.34. The van der Waals surface area contributed by atoms with Crippen molar-refractivity contribution < 1.29 is 15.0 Å². The molecule has 0 saturated carbocycles. The number of aryl methyl sites for hydroxylation is 1. The van der Waals surface area contributed by atoms with Gasteiger partial charge in [-0.2, -0.15) is 0 Å². The molecule has 16 heavy (non-hydrogen) atoms.